The van der Waals surface area contributed by atoms with Crippen molar-refractivity contribution in [1.29, 1.82) is 0 Å². The van der Waals surface area contributed by atoms with E-state index in [0.29, 0.717) is 32.2 Å². The first kappa shape index (κ1) is 24.8. The van der Waals surface area contributed by atoms with Gasteiger partial charge in [0.15, 0.2) is 11.6 Å². The summed E-state index contributed by atoms with van der Waals surface area (Å²) in [5.74, 6) is -2.68. The summed E-state index contributed by atoms with van der Waals surface area (Å²) in [4.78, 5) is 28.5. The van der Waals surface area contributed by atoms with E-state index in [4.69, 9.17) is 0 Å². The molecule has 0 radical (unpaired) electrons. The Morgan fingerprint density at radius 2 is 1.55 bits per heavy atom. The van der Waals surface area contributed by atoms with Crippen molar-refractivity contribution < 1.29 is 26.8 Å². The van der Waals surface area contributed by atoms with E-state index in [2.05, 4.69) is 4.72 Å². The molecule has 0 bridgehead atoms. The van der Waals surface area contributed by atoms with Gasteiger partial charge in [-0.15, -0.1) is 0 Å². The molecule has 2 amide bonds. The van der Waals surface area contributed by atoms with Gasteiger partial charge in [0.25, 0.3) is 0 Å². The molecular weight excluding hydrogens is 452 g/mol. The highest BCUT2D eigenvalue weighted by Gasteiger charge is 2.35. The van der Waals surface area contributed by atoms with E-state index in [-0.39, 0.29) is 24.8 Å². The third kappa shape index (κ3) is 5.75. The molecule has 0 unspecified atom stereocenters. The van der Waals surface area contributed by atoms with Crippen molar-refractivity contribution in [2.45, 2.75) is 30.6 Å². The molecule has 1 aliphatic heterocycles. The van der Waals surface area contributed by atoms with Crippen molar-refractivity contribution >= 4 is 21.8 Å². The third-order valence-corrected chi connectivity index (χ3v) is 7.24. The minimum atomic E-state index is -4.07. The first-order chi connectivity index (χ1) is 15.5. The van der Waals surface area contributed by atoms with Crippen molar-refractivity contribution in [1.82, 2.24) is 14.5 Å². The number of carbonyl (C=O) groups is 2. The smallest absolute Gasteiger partial charge is 0.240 e. The molecule has 10 heteroatoms. The fourth-order valence-electron chi connectivity index (χ4n) is 3.71. The second-order valence-corrected chi connectivity index (χ2v) is 10.2. The molecule has 1 N–H and O–H groups in total. The van der Waals surface area contributed by atoms with E-state index in [1.165, 1.54) is 0 Å². The van der Waals surface area contributed by atoms with Gasteiger partial charge in [-0.3, -0.25) is 9.59 Å². The molecule has 0 aromatic heterocycles. The average Bonchev–Trinajstić information content (AvgIpc) is 2.80. The Morgan fingerprint density at radius 1 is 0.939 bits per heavy atom. The number of hydrogen-bond acceptors (Lipinski definition) is 4. The number of nitrogens with one attached hydrogen (secondary N) is 1. The predicted molar refractivity (Wildman–Crippen MR) is 119 cm³/mol. The van der Waals surface area contributed by atoms with E-state index in [1.54, 1.807) is 9.80 Å². The number of carbonyl (C=O) groups excluding carboxylic acids is 2. The van der Waals surface area contributed by atoms with Gasteiger partial charge in [0.1, 0.15) is 0 Å². The van der Waals surface area contributed by atoms with Crippen LogP contribution in [0.25, 0.3) is 0 Å². The molecule has 0 atom stereocenters. The summed E-state index contributed by atoms with van der Waals surface area (Å²) in [5.41, 5.74) is 0.229. The fourth-order valence-corrected chi connectivity index (χ4v) is 4.75. The lowest BCUT2D eigenvalue weighted by atomic mass is 9.83. The Labute approximate surface area is 192 Å². The zero-order valence-electron chi connectivity index (χ0n) is 18.6. The van der Waals surface area contributed by atoms with Crippen LogP contribution in [0.2, 0.25) is 0 Å². The monoisotopic (exact) mass is 479 g/mol. The summed E-state index contributed by atoms with van der Waals surface area (Å²) in [7, 11) is -4.07. The summed E-state index contributed by atoms with van der Waals surface area (Å²) in [6.45, 7) is 5.06. The van der Waals surface area contributed by atoms with Crippen molar-refractivity contribution in [3.05, 3.63) is 65.7 Å². The normalized spacial score (nSPS) is 14.9. The minimum Gasteiger partial charge on any atom is -0.339 e. The van der Waals surface area contributed by atoms with Crippen LogP contribution in [0.4, 0.5) is 8.78 Å². The molecule has 0 aliphatic carbocycles. The van der Waals surface area contributed by atoms with Gasteiger partial charge >= 0.3 is 0 Å². The van der Waals surface area contributed by atoms with Crippen LogP contribution in [-0.4, -0.2) is 62.8 Å². The van der Waals surface area contributed by atoms with Gasteiger partial charge in [0, 0.05) is 39.1 Å². The van der Waals surface area contributed by atoms with E-state index < -0.39 is 32.0 Å². The Hall–Kier alpha value is -2.85. The van der Waals surface area contributed by atoms with Crippen LogP contribution < -0.4 is 4.72 Å². The Bertz CT molecular complexity index is 1120. The number of amides is 2. The molecule has 7 nitrogen and oxygen atoms in total. The van der Waals surface area contributed by atoms with Crippen LogP contribution in [0.5, 0.6) is 0 Å². The number of halogens is 2. The maximum absolute atomic E-state index is 13.3. The van der Waals surface area contributed by atoms with Crippen molar-refractivity contribution in [3.8, 4) is 0 Å². The molecule has 1 saturated heterocycles. The summed E-state index contributed by atoms with van der Waals surface area (Å²) in [5, 5.41) is 0. The summed E-state index contributed by atoms with van der Waals surface area (Å²) in [6.07, 6.45) is -0.0909. The molecule has 33 heavy (non-hydrogen) atoms. The van der Waals surface area contributed by atoms with Gasteiger partial charge in [0.05, 0.1) is 10.3 Å². The van der Waals surface area contributed by atoms with Crippen LogP contribution in [0.15, 0.2) is 53.4 Å². The quantitative estimate of drug-likeness (QED) is 0.660. The van der Waals surface area contributed by atoms with Crippen molar-refractivity contribution in [2.24, 2.45) is 0 Å². The van der Waals surface area contributed by atoms with Crippen LogP contribution in [0.3, 0.4) is 0 Å². The van der Waals surface area contributed by atoms with Crippen LogP contribution in [-0.2, 0) is 25.0 Å². The number of nitrogens with zero attached hydrogens (tertiary/aromatic N) is 2. The highest BCUT2D eigenvalue weighted by atomic mass is 32.2. The fraction of sp³-hybridized carbons (Fsp3) is 0.391. The molecule has 2 aromatic rings. The topological polar surface area (TPSA) is 86.8 Å². The number of benzene rings is 2. The van der Waals surface area contributed by atoms with E-state index in [9.17, 15) is 26.8 Å². The molecule has 0 saturated carbocycles. The van der Waals surface area contributed by atoms with Gasteiger partial charge in [-0.05, 0) is 37.6 Å². The van der Waals surface area contributed by atoms with Crippen LogP contribution in [0.1, 0.15) is 25.8 Å². The number of rotatable bonds is 7. The molecule has 0 spiro atoms. The predicted octanol–water partition coefficient (Wildman–Crippen LogP) is 2.28. The van der Waals surface area contributed by atoms with Crippen LogP contribution >= 0.6 is 0 Å². The Morgan fingerprint density at radius 3 is 2.15 bits per heavy atom. The van der Waals surface area contributed by atoms with Gasteiger partial charge in [-0.25, -0.2) is 21.9 Å². The summed E-state index contributed by atoms with van der Waals surface area (Å²) >= 11 is 0. The lowest BCUT2D eigenvalue weighted by Gasteiger charge is -2.38. The Balaban J connectivity index is 1.49. The highest BCUT2D eigenvalue weighted by Crippen LogP contribution is 2.26. The van der Waals surface area contributed by atoms with E-state index >= 15 is 0 Å². The molecule has 1 aliphatic rings. The maximum Gasteiger partial charge on any atom is 0.240 e. The van der Waals surface area contributed by atoms with Gasteiger partial charge in [-0.1, -0.05) is 30.3 Å². The zero-order chi connectivity index (χ0) is 24.2. The molecule has 1 fully saturated rings. The first-order valence-corrected chi connectivity index (χ1v) is 12.1. The minimum absolute atomic E-state index is 0.0138. The summed E-state index contributed by atoms with van der Waals surface area (Å²) < 4.78 is 53.0. The highest BCUT2D eigenvalue weighted by molar-refractivity contribution is 7.89. The van der Waals surface area contributed by atoms with E-state index in [0.717, 1.165) is 17.7 Å². The average molecular weight is 480 g/mol. The zero-order valence-corrected chi connectivity index (χ0v) is 19.4. The maximum atomic E-state index is 13.3. The molecular formula is C23H27F2N3O4S. The second-order valence-electron chi connectivity index (χ2n) is 8.39. The first-order valence-electron chi connectivity index (χ1n) is 10.6. The molecule has 1 heterocycles. The molecule has 3 rings (SSSR count). The van der Waals surface area contributed by atoms with Crippen molar-refractivity contribution in [2.75, 3.05) is 32.7 Å². The van der Waals surface area contributed by atoms with Gasteiger partial charge < -0.3 is 9.80 Å². The lowest BCUT2D eigenvalue weighted by molar-refractivity contribution is -0.142. The number of sulfonamides is 1. The largest absolute Gasteiger partial charge is 0.339 e. The van der Waals surface area contributed by atoms with E-state index in [1.807, 2.05) is 44.2 Å². The standard InChI is InChI=1S/C23H27F2N3O4S/c1-23(2,17-6-4-3-5-7-17)22(30)28-14-12-27(13-15-28)21(29)10-11-26-33(31,32)18-8-9-19(24)20(25)16-18/h3-9,16,26H,10-15H2,1-2H3. The lowest BCUT2D eigenvalue weighted by Crippen LogP contribution is -2.54. The molecule has 178 valence electrons. The summed E-state index contributed by atoms with van der Waals surface area (Å²) in [6, 6.07) is 11.8. The number of hydrogen-bond donors (Lipinski definition) is 1. The second kappa shape index (κ2) is 9.96. The number of piperazine rings is 1. The SMILES string of the molecule is CC(C)(C(=O)N1CCN(C(=O)CCNS(=O)(=O)c2ccc(F)c(F)c2)CC1)c1ccccc1. The Kier molecular flexibility index (Phi) is 7.48. The van der Waals surface area contributed by atoms with Gasteiger partial charge in [-0.2, -0.15) is 0 Å². The van der Waals surface area contributed by atoms with Crippen LogP contribution in [0, 0.1) is 11.6 Å². The van der Waals surface area contributed by atoms with Crippen molar-refractivity contribution in [3.63, 3.8) is 0 Å². The molecule has 2 aromatic carbocycles. The van der Waals surface area contributed by atoms with Gasteiger partial charge in [0.2, 0.25) is 21.8 Å². The third-order valence-electron chi connectivity index (χ3n) is 5.78.